The van der Waals surface area contributed by atoms with Crippen molar-refractivity contribution in [1.82, 2.24) is 19.6 Å². The molecular formula is C20H21ClN4O4S. The van der Waals surface area contributed by atoms with Gasteiger partial charge in [-0.15, -0.1) is 0 Å². The lowest BCUT2D eigenvalue weighted by atomic mass is 10.0. The third-order valence-electron chi connectivity index (χ3n) is 4.60. The molecule has 3 rings (SSSR count). The fraction of sp³-hybridized carbons (Fsp3) is 0.200. The average molecular weight is 449 g/mol. The molecule has 8 nitrogen and oxygen atoms in total. The van der Waals surface area contributed by atoms with E-state index in [1.165, 1.54) is 25.2 Å². The van der Waals surface area contributed by atoms with Gasteiger partial charge in [0.05, 0.1) is 22.6 Å². The van der Waals surface area contributed by atoms with E-state index in [1.54, 1.807) is 36.2 Å². The Bertz CT molecular complexity index is 1160. The fourth-order valence-electron chi connectivity index (χ4n) is 2.92. The normalized spacial score (nSPS) is 12.4. The number of methoxy groups -OCH3 is 1. The summed E-state index contributed by atoms with van der Waals surface area (Å²) < 4.78 is 33.4. The lowest BCUT2D eigenvalue weighted by molar-refractivity contribution is 0.0941. The molecule has 3 aromatic rings. The Balaban J connectivity index is 2.00. The number of amides is 1. The van der Waals surface area contributed by atoms with Crippen LogP contribution in [-0.4, -0.2) is 38.0 Å². The Morgan fingerprint density at radius 1 is 1.20 bits per heavy atom. The standard InChI is InChI=1S/C20H21ClN4O4S/c1-22-30(27,28)15-8-9-17(21)16(12-15)20(26)24-18(19-23-10-11-25(19)2)13-4-6-14(29-3)7-5-13/h4-12,18,22H,1-3H3,(H,24,26). The van der Waals surface area contributed by atoms with E-state index in [1.807, 2.05) is 19.2 Å². The van der Waals surface area contributed by atoms with E-state index in [4.69, 9.17) is 16.3 Å². The van der Waals surface area contributed by atoms with Crippen LogP contribution in [0.5, 0.6) is 5.75 Å². The second kappa shape index (κ2) is 8.86. The highest BCUT2D eigenvalue weighted by Crippen LogP contribution is 2.26. The molecule has 1 atom stereocenters. The molecule has 158 valence electrons. The Hall–Kier alpha value is -2.88. The predicted octanol–water partition coefficient (Wildman–Crippen LogP) is 2.51. The molecule has 2 aromatic carbocycles. The maximum Gasteiger partial charge on any atom is 0.253 e. The van der Waals surface area contributed by atoms with E-state index in [-0.39, 0.29) is 15.5 Å². The van der Waals surface area contributed by atoms with Gasteiger partial charge in [0, 0.05) is 19.4 Å². The van der Waals surface area contributed by atoms with Gasteiger partial charge in [0.1, 0.15) is 17.6 Å². The van der Waals surface area contributed by atoms with Crippen LogP contribution in [0.2, 0.25) is 5.02 Å². The van der Waals surface area contributed by atoms with Gasteiger partial charge in [-0.3, -0.25) is 4.79 Å². The van der Waals surface area contributed by atoms with Crippen molar-refractivity contribution in [3.05, 3.63) is 76.8 Å². The maximum atomic E-state index is 13.1. The number of hydrogen-bond donors (Lipinski definition) is 2. The molecule has 0 saturated heterocycles. The van der Waals surface area contributed by atoms with Crippen molar-refractivity contribution in [3.8, 4) is 5.75 Å². The van der Waals surface area contributed by atoms with Crippen LogP contribution in [0.15, 0.2) is 59.8 Å². The number of ether oxygens (including phenoxy) is 1. The van der Waals surface area contributed by atoms with Crippen molar-refractivity contribution in [3.63, 3.8) is 0 Å². The number of nitrogens with one attached hydrogen (secondary N) is 2. The van der Waals surface area contributed by atoms with Crippen LogP contribution >= 0.6 is 11.6 Å². The second-order valence-corrected chi connectivity index (χ2v) is 8.72. The number of rotatable bonds is 7. The van der Waals surface area contributed by atoms with Gasteiger partial charge in [-0.1, -0.05) is 23.7 Å². The molecule has 1 heterocycles. The van der Waals surface area contributed by atoms with Crippen LogP contribution in [0.25, 0.3) is 0 Å². The summed E-state index contributed by atoms with van der Waals surface area (Å²) in [4.78, 5) is 17.4. The summed E-state index contributed by atoms with van der Waals surface area (Å²) in [6.45, 7) is 0. The first-order valence-electron chi connectivity index (χ1n) is 8.92. The molecule has 30 heavy (non-hydrogen) atoms. The molecule has 0 spiro atoms. The minimum Gasteiger partial charge on any atom is -0.497 e. The molecule has 0 aliphatic carbocycles. The minimum atomic E-state index is -3.73. The van der Waals surface area contributed by atoms with Crippen molar-refractivity contribution in [1.29, 1.82) is 0 Å². The number of benzene rings is 2. The first kappa shape index (κ1) is 21.8. The highest BCUT2D eigenvalue weighted by Gasteiger charge is 2.24. The van der Waals surface area contributed by atoms with Crippen molar-refractivity contribution in [2.45, 2.75) is 10.9 Å². The monoisotopic (exact) mass is 448 g/mol. The van der Waals surface area contributed by atoms with Gasteiger partial charge in [0.15, 0.2) is 0 Å². The second-order valence-electron chi connectivity index (χ2n) is 6.43. The lowest BCUT2D eigenvalue weighted by Crippen LogP contribution is -2.31. The zero-order valence-electron chi connectivity index (χ0n) is 16.6. The zero-order chi connectivity index (χ0) is 21.9. The summed E-state index contributed by atoms with van der Waals surface area (Å²) in [5.74, 6) is 0.747. The van der Waals surface area contributed by atoms with Crippen molar-refractivity contribution < 1.29 is 17.9 Å². The highest BCUT2D eigenvalue weighted by atomic mass is 35.5. The number of imidazole rings is 1. The van der Waals surface area contributed by atoms with Crippen molar-refractivity contribution in [2.24, 2.45) is 7.05 Å². The Kier molecular flexibility index (Phi) is 6.45. The summed E-state index contributed by atoms with van der Waals surface area (Å²) >= 11 is 6.20. The third-order valence-corrected chi connectivity index (χ3v) is 6.34. The fourth-order valence-corrected chi connectivity index (χ4v) is 3.88. The van der Waals surface area contributed by atoms with Gasteiger partial charge in [-0.25, -0.2) is 18.1 Å². The molecule has 0 bridgehead atoms. The molecule has 0 fully saturated rings. The minimum absolute atomic E-state index is 0.0423. The van der Waals surface area contributed by atoms with Crippen LogP contribution in [0.4, 0.5) is 0 Å². The third kappa shape index (κ3) is 4.48. The zero-order valence-corrected chi connectivity index (χ0v) is 18.2. The average Bonchev–Trinajstić information content (AvgIpc) is 3.17. The smallest absolute Gasteiger partial charge is 0.253 e. The van der Waals surface area contributed by atoms with Crippen LogP contribution in [-0.2, 0) is 17.1 Å². The summed E-state index contributed by atoms with van der Waals surface area (Å²) in [6.07, 6.45) is 3.40. The number of aromatic nitrogens is 2. The van der Waals surface area contributed by atoms with Gasteiger partial charge in [0.25, 0.3) is 5.91 Å². The van der Waals surface area contributed by atoms with E-state index in [9.17, 15) is 13.2 Å². The van der Waals surface area contributed by atoms with E-state index in [2.05, 4.69) is 15.0 Å². The molecule has 1 amide bonds. The number of carbonyl (C=O) groups excluding carboxylic acids is 1. The molecule has 1 unspecified atom stereocenters. The van der Waals surface area contributed by atoms with Gasteiger partial charge in [-0.05, 0) is 42.9 Å². The van der Waals surface area contributed by atoms with Gasteiger partial charge < -0.3 is 14.6 Å². The molecule has 10 heteroatoms. The molecule has 0 aliphatic heterocycles. The Labute approximate surface area is 179 Å². The number of nitrogens with zero attached hydrogens (tertiary/aromatic N) is 2. The summed E-state index contributed by atoms with van der Waals surface area (Å²) in [7, 11) is 0.956. The van der Waals surface area contributed by atoms with Crippen LogP contribution in [0.1, 0.15) is 27.8 Å². The number of sulfonamides is 1. The number of halogens is 1. The van der Waals surface area contributed by atoms with Crippen LogP contribution in [0, 0.1) is 0 Å². The highest BCUT2D eigenvalue weighted by molar-refractivity contribution is 7.89. The van der Waals surface area contributed by atoms with Crippen molar-refractivity contribution >= 4 is 27.5 Å². The topological polar surface area (TPSA) is 102 Å². The molecular weight excluding hydrogens is 428 g/mol. The van der Waals surface area contributed by atoms with E-state index in [0.717, 1.165) is 5.56 Å². The van der Waals surface area contributed by atoms with Gasteiger partial charge >= 0.3 is 0 Å². The first-order chi connectivity index (χ1) is 14.3. The van der Waals surface area contributed by atoms with Crippen LogP contribution in [0.3, 0.4) is 0 Å². The van der Waals surface area contributed by atoms with E-state index < -0.39 is 22.0 Å². The summed E-state index contributed by atoms with van der Waals surface area (Å²) in [5, 5.41) is 3.04. The largest absolute Gasteiger partial charge is 0.497 e. The Morgan fingerprint density at radius 3 is 2.47 bits per heavy atom. The Morgan fingerprint density at radius 2 is 1.90 bits per heavy atom. The van der Waals surface area contributed by atoms with Gasteiger partial charge in [-0.2, -0.15) is 0 Å². The predicted molar refractivity (Wildman–Crippen MR) is 113 cm³/mol. The quantitative estimate of drug-likeness (QED) is 0.578. The maximum absolute atomic E-state index is 13.1. The molecule has 1 aromatic heterocycles. The summed E-state index contributed by atoms with van der Waals surface area (Å²) in [5.41, 5.74) is 0.814. The molecule has 0 saturated carbocycles. The number of carbonyl (C=O) groups is 1. The van der Waals surface area contributed by atoms with E-state index in [0.29, 0.717) is 11.6 Å². The molecule has 0 aliphatic rings. The van der Waals surface area contributed by atoms with Crippen molar-refractivity contribution in [2.75, 3.05) is 14.2 Å². The van der Waals surface area contributed by atoms with Crippen LogP contribution < -0.4 is 14.8 Å². The molecule has 2 N–H and O–H groups in total. The molecule has 0 radical (unpaired) electrons. The van der Waals surface area contributed by atoms with Gasteiger partial charge in [0.2, 0.25) is 10.0 Å². The SMILES string of the molecule is CNS(=O)(=O)c1ccc(Cl)c(C(=O)NC(c2ccc(OC)cc2)c2nccn2C)c1. The lowest BCUT2D eigenvalue weighted by Gasteiger charge is -2.20. The number of hydrogen-bond acceptors (Lipinski definition) is 5. The first-order valence-corrected chi connectivity index (χ1v) is 10.8. The number of aryl methyl sites for hydroxylation is 1. The summed E-state index contributed by atoms with van der Waals surface area (Å²) in [6, 6.07) is 10.6. The van der Waals surface area contributed by atoms with E-state index >= 15 is 0 Å².